The van der Waals surface area contributed by atoms with Crippen LogP contribution >= 0.6 is 11.6 Å². The summed E-state index contributed by atoms with van der Waals surface area (Å²) in [6, 6.07) is 11.8. The lowest BCUT2D eigenvalue weighted by Crippen LogP contribution is -2.49. The van der Waals surface area contributed by atoms with Crippen LogP contribution in [0.5, 0.6) is 0 Å². The predicted octanol–water partition coefficient (Wildman–Crippen LogP) is 5.16. The Labute approximate surface area is 208 Å². The van der Waals surface area contributed by atoms with Crippen molar-refractivity contribution in [2.45, 2.75) is 69.9 Å². The average Bonchev–Trinajstić information content (AvgIpc) is 2.86. The Kier molecular flexibility index (Phi) is 7.52. The Bertz CT molecular complexity index is 980. The van der Waals surface area contributed by atoms with Crippen LogP contribution in [0.2, 0.25) is 5.02 Å². The second-order valence-corrected chi connectivity index (χ2v) is 10.8. The molecule has 1 aromatic heterocycles. The average molecular weight is 482 g/mol. The largest absolute Gasteiger partial charge is 0.480 e. The molecule has 0 saturated carbocycles. The number of halogens is 1. The van der Waals surface area contributed by atoms with Crippen molar-refractivity contribution in [1.29, 1.82) is 0 Å². The standard InChI is InChI=1S/C28H36ClN3O2/c29-23-8-5-22(6-9-23)27(28(33)34)32-17-13-25(14-18-32)31-15-11-20(12-16-31)19-24-10-7-21-3-1-2-4-26(21)30-24/h5-10,20,25,27H,1-4,11-19H2,(H,33,34). The molecule has 6 heteroatoms. The van der Waals surface area contributed by atoms with Crippen molar-refractivity contribution in [2.75, 3.05) is 26.2 Å². The van der Waals surface area contributed by atoms with Crippen LogP contribution in [0.1, 0.15) is 67.1 Å². The molecule has 0 bridgehead atoms. The number of nitrogens with zero attached hydrogens (tertiary/aromatic N) is 3. The Morgan fingerprint density at radius 1 is 0.971 bits per heavy atom. The maximum absolute atomic E-state index is 12.0. The summed E-state index contributed by atoms with van der Waals surface area (Å²) in [5.74, 6) is -0.0517. The molecule has 1 N–H and O–H groups in total. The van der Waals surface area contributed by atoms with E-state index in [-0.39, 0.29) is 0 Å². The summed E-state index contributed by atoms with van der Waals surface area (Å²) in [4.78, 5) is 21.8. The van der Waals surface area contributed by atoms with Crippen molar-refractivity contribution in [1.82, 2.24) is 14.8 Å². The summed E-state index contributed by atoms with van der Waals surface area (Å²) in [6.07, 6.45) is 10.6. The first kappa shape index (κ1) is 23.8. The molecule has 2 fully saturated rings. The van der Waals surface area contributed by atoms with Crippen LogP contribution in [0.15, 0.2) is 36.4 Å². The lowest BCUT2D eigenvalue weighted by molar-refractivity contribution is -0.144. The molecule has 182 valence electrons. The molecular formula is C28H36ClN3O2. The summed E-state index contributed by atoms with van der Waals surface area (Å²) in [6.45, 7) is 3.95. The highest BCUT2D eigenvalue weighted by Crippen LogP contribution is 2.30. The van der Waals surface area contributed by atoms with E-state index < -0.39 is 12.0 Å². The van der Waals surface area contributed by atoms with E-state index in [4.69, 9.17) is 16.6 Å². The summed E-state index contributed by atoms with van der Waals surface area (Å²) in [7, 11) is 0. The first-order chi connectivity index (χ1) is 16.6. The van der Waals surface area contributed by atoms with Crippen molar-refractivity contribution in [2.24, 2.45) is 5.92 Å². The topological polar surface area (TPSA) is 56.7 Å². The van der Waals surface area contributed by atoms with E-state index in [0.717, 1.165) is 63.3 Å². The second kappa shape index (κ2) is 10.8. The van der Waals surface area contributed by atoms with E-state index in [2.05, 4.69) is 21.9 Å². The molecule has 2 saturated heterocycles. The van der Waals surface area contributed by atoms with Crippen LogP contribution in [0.25, 0.3) is 0 Å². The summed E-state index contributed by atoms with van der Waals surface area (Å²) in [5.41, 5.74) is 4.92. The van der Waals surface area contributed by atoms with Gasteiger partial charge in [-0.15, -0.1) is 0 Å². The SMILES string of the molecule is O=C(O)C(c1ccc(Cl)cc1)N1CCC(N2CCC(Cc3ccc4c(n3)CCCC4)CC2)CC1. The molecule has 3 aliphatic rings. The number of fused-ring (bicyclic) bond motifs is 1. The summed E-state index contributed by atoms with van der Waals surface area (Å²) in [5, 5.41) is 10.5. The number of aliphatic carboxylic acids is 1. The van der Waals surface area contributed by atoms with Gasteiger partial charge in [0.25, 0.3) is 0 Å². The molecule has 0 spiro atoms. The van der Waals surface area contributed by atoms with Crippen LogP contribution in [0.4, 0.5) is 0 Å². The fourth-order valence-electron chi connectivity index (χ4n) is 6.22. The van der Waals surface area contributed by atoms with Crippen molar-refractivity contribution in [3.8, 4) is 0 Å². The Balaban J connectivity index is 1.11. The van der Waals surface area contributed by atoms with E-state index in [1.807, 2.05) is 12.1 Å². The summed E-state index contributed by atoms with van der Waals surface area (Å²) < 4.78 is 0. The smallest absolute Gasteiger partial charge is 0.325 e. The van der Waals surface area contributed by atoms with Gasteiger partial charge >= 0.3 is 5.97 Å². The quantitative estimate of drug-likeness (QED) is 0.617. The first-order valence-electron chi connectivity index (χ1n) is 13.0. The number of carbonyl (C=O) groups is 1. The third-order valence-electron chi connectivity index (χ3n) is 8.18. The van der Waals surface area contributed by atoms with Gasteiger partial charge in [-0.3, -0.25) is 14.7 Å². The third kappa shape index (κ3) is 5.48. The molecule has 0 amide bonds. The minimum Gasteiger partial charge on any atom is -0.480 e. The van der Waals surface area contributed by atoms with Gasteiger partial charge in [-0.25, -0.2) is 0 Å². The molecule has 5 nitrogen and oxygen atoms in total. The fourth-order valence-corrected chi connectivity index (χ4v) is 6.35. The number of carboxylic acids is 1. The van der Waals surface area contributed by atoms with Gasteiger partial charge in [-0.2, -0.15) is 0 Å². The van der Waals surface area contributed by atoms with Gasteiger partial charge in [0.2, 0.25) is 0 Å². The number of aromatic nitrogens is 1. The van der Waals surface area contributed by atoms with Gasteiger partial charge < -0.3 is 10.0 Å². The second-order valence-electron chi connectivity index (χ2n) is 10.4. The number of benzene rings is 1. The molecule has 5 rings (SSSR count). The number of carboxylic acid groups (broad SMARTS) is 1. The van der Waals surface area contributed by atoms with E-state index in [1.54, 1.807) is 12.1 Å². The Hall–Kier alpha value is -1.95. The number of hydrogen-bond donors (Lipinski definition) is 1. The number of hydrogen-bond acceptors (Lipinski definition) is 4. The zero-order valence-electron chi connectivity index (χ0n) is 20.0. The zero-order valence-corrected chi connectivity index (χ0v) is 20.7. The molecule has 1 aromatic carbocycles. The molecule has 1 aliphatic carbocycles. The fraction of sp³-hybridized carbons (Fsp3) is 0.571. The highest BCUT2D eigenvalue weighted by molar-refractivity contribution is 6.30. The minimum atomic E-state index is -0.780. The van der Waals surface area contributed by atoms with E-state index in [1.165, 1.54) is 49.1 Å². The Morgan fingerprint density at radius 2 is 1.68 bits per heavy atom. The molecule has 34 heavy (non-hydrogen) atoms. The van der Waals surface area contributed by atoms with Crippen molar-refractivity contribution < 1.29 is 9.90 Å². The molecule has 3 heterocycles. The zero-order chi connectivity index (χ0) is 23.5. The van der Waals surface area contributed by atoms with Crippen LogP contribution in [-0.2, 0) is 24.1 Å². The van der Waals surface area contributed by atoms with Gasteiger partial charge in [-0.1, -0.05) is 29.8 Å². The molecular weight excluding hydrogens is 446 g/mol. The lowest BCUT2D eigenvalue weighted by atomic mass is 9.89. The number of pyridine rings is 1. The molecule has 1 atom stereocenters. The maximum Gasteiger partial charge on any atom is 0.325 e. The molecule has 1 unspecified atom stereocenters. The molecule has 2 aromatic rings. The predicted molar refractivity (Wildman–Crippen MR) is 135 cm³/mol. The molecule has 2 aliphatic heterocycles. The van der Waals surface area contributed by atoms with Crippen LogP contribution in [-0.4, -0.2) is 58.1 Å². The van der Waals surface area contributed by atoms with Gasteiger partial charge in [0.1, 0.15) is 6.04 Å². The first-order valence-corrected chi connectivity index (χ1v) is 13.4. The number of likely N-dealkylation sites (tertiary alicyclic amines) is 2. The van der Waals surface area contributed by atoms with Gasteiger partial charge in [0.15, 0.2) is 0 Å². The van der Waals surface area contributed by atoms with Crippen molar-refractivity contribution in [3.63, 3.8) is 0 Å². The number of rotatable bonds is 6. The van der Waals surface area contributed by atoms with Crippen LogP contribution < -0.4 is 0 Å². The van der Waals surface area contributed by atoms with Crippen LogP contribution in [0.3, 0.4) is 0 Å². The van der Waals surface area contributed by atoms with Crippen molar-refractivity contribution in [3.05, 3.63) is 63.9 Å². The number of piperidine rings is 2. The monoisotopic (exact) mass is 481 g/mol. The molecule has 0 radical (unpaired) electrons. The lowest BCUT2D eigenvalue weighted by Gasteiger charge is -2.43. The van der Waals surface area contributed by atoms with E-state index in [0.29, 0.717) is 11.1 Å². The van der Waals surface area contributed by atoms with E-state index >= 15 is 0 Å². The normalized spacial score (nSPS) is 21.8. The van der Waals surface area contributed by atoms with Gasteiger partial charge in [0, 0.05) is 35.5 Å². The van der Waals surface area contributed by atoms with Crippen molar-refractivity contribution >= 4 is 17.6 Å². The Morgan fingerprint density at radius 3 is 2.38 bits per heavy atom. The number of aryl methyl sites for hydroxylation is 2. The highest BCUT2D eigenvalue weighted by Gasteiger charge is 2.34. The van der Waals surface area contributed by atoms with E-state index in [9.17, 15) is 9.90 Å². The highest BCUT2D eigenvalue weighted by atomic mass is 35.5. The van der Waals surface area contributed by atoms with Crippen LogP contribution in [0, 0.1) is 5.92 Å². The summed E-state index contributed by atoms with van der Waals surface area (Å²) >= 11 is 6.00. The minimum absolute atomic E-state index is 0.568. The van der Waals surface area contributed by atoms with Gasteiger partial charge in [-0.05, 0) is 106 Å². The third-order valence-corrected chi connectivity index (χ3v) is 8.44. The van der Waals surface area contributed by atoms with Gasteiger partial charge in [0.05, 0.1) is 0 Å². The maximum atomic E-state index is 12.0.